The molecule has 3 rings (SSSR count). The lowest BCUT2D eigenvalue weighted by Gasteiger charge is -2.11. The molecule has 23 heavy (non-hydrogen) atoms. The Kier molecular flexibility index (Phi) is 3.80. The summed E-state index contributed by atoms with van der Waals surface area (Å²) in [5, 5.41) is 10.4. The average Bonchev–Trinajstić information content (AvgIpc) is 2.88. The molecule has 0 atom stereocenters. The van der Waals surface area contributed by atoms with Gasteiger partial charge in [-0.15, -0.1) is 0 Å². The number of nitrogens with two attached hydrogens (primary N) is 1. The number of benzene rings is 2. The van der Waals surface area contributed by atoms with Crippen molar-refractivity contribution < 1.29 is 14.7 Å². The molecule has 2 aromatic carbocycles. The first-order valence-corrected chi connectivity index (χ1v) is 7.25. The van der Waals surface area contributed by atoms with E-state index in [2.05, 4.69) is 0 Å². The minimum atomic E-state index is -1.01. The van der Waals surface area contributed by atoms with Crippen LogP contribution in [0.25, 0.3) is 10.9 Å². The van der Waals surface area contributed by atoms with Crippen molar-refractivity contribution in [3.8, 4) is 0 Å². The number of fused-ring (bicyclic) bond motifs is 1. The van der Waals surface area contributed by atoms with Gasteiger partial charge in [0.15, 0.2) is 0 Å². The molecule has 6 heteroatoms. The van der Waals surface area contributed by atoms with Gasteiger partial charge in [0.05, 0.1) is 5.56 Å². The van der Waals surface area contributed by atoms with Crippen LogP contribution in [0.15, 0.2) is 48.7 Å². The summed E-state index contributed by atoms with van der Waals surface area (Å²) in [5.74, 6) is -1.58. The zero-order chi connectivity index (χ0) is 16.6. The van der Waals surface area contributed by atoms with E-state index < -0.39 is 11.9 Å². The Balaban J connectivity index is 2.17. The summed E-state index contributed by atoms with van der Waals surface area (Å²) in [4.78, 5) is 23.0. The number of hydrogen-bond acceptors (Lipinski definition) is 2. The maximum absolute atomic E-state index is 11.6. The van der Waals surface area contributed by atoms with Crippen LogP contribution in [0.3, 0.4) is 0 Å². The lowest BCUT2D eigenvalue weighted by molar-refractivity contribution is 0.0698. The van der Waals surface area contributed by atoms with Crippen LogP contribution in [-0.2, 0) is 6.54 Å². The first-order chi connectivity index (χ1) is 11.0. The van der Waals surface area contributed by atoms with E-state index in [1.807, 2.05) is 12.1 Å². The molecule has 3 N–H and O–H groups in total. The lowest BCUT2D eigenvalue weighted by atomic mass is 10.1. The van der Waals surface area contributed by atoms with Crippen molar-refractivity contribution >= 4 is 34.4 Å². The van der Waals surface area contributed by atoms with E-state index in [4.69, 9.17) is 17.3 Å². The predicted molar refractivity (Wildman–Crippen MR) is 88.0 cm³/mol. The second kappa shape index (κ2) is 5.78. The highest BCUT2D eigenvalue weighted by atomic mass is 35.5. The number of carboxylic acids is 1. The van der Waals surface area contributed by atoms with Crippen molar-refractivity contribution in [3.63, 3.8) is 0 Å². The molecule has 5 nitrogen and oxygen atoms in total. The molecule has 0 unspecified atom stereocenters. The van der Waals surface area contributed by atoms with E-state index in [1.165, 1.54) is 0 Å². The fourth-order valence-electron chi connectivity index (χ4n) is 2.67. The molecule has 0 saturated carbocycles. The van der Waals surface area contributed by atoms with Crippen molar-refractivity contribution in [3.05, 3.63) is 70.4 Å². The van der Waals surface area contributed by atoms with E-state index in [9.17, 15) is 14.7 Å². The van der Waals surface area contributed by atoms with Crippen molar-refractivity contribution in [2.24, 2.45) is 5.73 Å². The van der Waals surface area contributed by atoms with Crippen LogP contribution in [-0.4, -0.2) is 21.6 Å². The molecule has 0 bridgehead atoms. The standard InChI is InChI=1S/C17H13ClN2O3/c18-14-6-3-5-11(16(19)21)12(14)8-20-9-13(17(22)23)10-4-1-2-7-15(10)20/h1-7,9H,8H2,(H2,19,21)(H,22,23). The predicted octanol–water partition coefficient (Wildman–Crippen LogP) is 3.14. The van der Waals surface area contributed by atoms with E-state index in [-0.39, 0.29) is 12.1 Å². The number of para-hydroxylation sites is 1. The highest BCUT2D eigenvalue weighted by Gasteiger charge is 2.17. The summed E-state index contributed by atoms with van der Waals surface area (Å²) >= 11 is 6.21. The summed E-state index contributed by atoms with van der Waals surface area (Å²) in [6.07, 6.45) is 1.54. The molecule has 0 fully saturated rings. The van der Waals surface area contributed by atoms with Crippen LogP contribution in [0, 0.1) is 0 Å². The van der Waals surface area contributed by atoms with Gasteiger partial charge in [-0.25, -0.2) is 4.79 Å². The van der Waals surface area contributed by atoms with Gasteiger partial charge in [0, 0.05) is 39.8 Å². The zero-order valence-corrected chi connectivity index (χ0v) is 12.7. The maximum Gasteiger partial charge on any atom is 0.337 e. The fraction of sp³-hybridized carbons (Fsp3) is 0.0588. The van der Waals surface area contributed by atoms with Gasteiger partial charge in [-0.3, -0.25) is 4.79 Å². The summed E-state index contributed by atoms with van der Waals surface area (Å²) in [5.41, 5.74) is 7.25. The summed E-state index contributed by atoms with van der Waals surface area (Å²) in [6, 6.07) is 12.1. The van der Waals surface area contributed by atoms with Crippen molar-refractivity contribution in [2.45, 2.75) is 6.54 Å². The van der Waals surface area contributed by atoms with E-state index in [0.29, 0.717) is 21.5 Å². The number of hydrogen-bond donors (Lipinski definition) is 2. The first kappa shape index (κ1) is 15.1. The molecule has 0 spiro atoms. The second-order valence-corrected chi connectivity index (χ2v) is 5.53. The van der Waals surface area contributed by atoms with Gasteiger partial charge in [-0.05, 0) is 18.2 Å². The van der Waals surface area contributed by atoms with Crippen molar-refractivity contribution in [1.82, 2.24) is 4.57 Å². The number of carbonyl (C=O) groups is 2. The zero-order valence-electron chi connectivity index (χ0n) is 12.0. The third kappa shape index (κ3) is 2.66. The summed E-state index contributed by atoms with van der Waals surface area (Å²) < 4.78 is 1.76. The van der Waals surface area contributed by atoms with Gasteiger partial charge in [0.25, 0.3) is 0 Å². The number of rotatable bonds is 4. The van der Waals surface area contributed by atoms with Crippen LogP contribution in [0.4, 0.5) is 0 Å². The summed E-state index contributed by atoms with van der Waals surface area (Å²) in [7, 11) is 0. The monoisotopic (exact) mass is 328 g/mol. The minimum absolute atomic E-state index is 0.202. The third-order valence-electron chi connectivity index (χ3n) is 3.73. The molecule has 116 valence electrons. The number of aromatic carboxylic acids is 1. The highest BCUT2D eigenvalue weighted by molar-refractivity contribution is 6.31. The molecule has 1 heterocycles. The normalized spacial score (nSPS) is 10.8. The molecular formula is C17H13ClN2O3. The summed E-state index contributed by atoms with van der Waals surface area (Å²) in [6.45, 7) is 0.256. The molecular weight excluding hydrogens is 316 g/mol. The Bertz CT molecular complexity index is 931. The van der Waals surface area contributed by atoms with Crippen molar-refractivity contribution in [2.75, 3.05) is 0 Å². The number of carboxylic acid groups (broad SMARTS) is 1. The van der Waals surface area contributed by atoms with Crippen molar-refractivity contribution in [1.29, 1.82) is 0 Å². The topological polar surface area (TPSA) is 85.3 Å². The van der Waals surface area contributed by atoms with Gasteiger partial charge in [0.2, 0.25) is 5.91 Å². The second-order valence-electron chi connectivity index (χ2n) is 5.12. The van der Waals surface area contributed by atoms with E-state index in [1.54, 1.807) is 41.1 Å². The number of amides is 1. The van der Waals surface area contributed by atoms with Gasteiger partial charge in [0.1, 0.15) is 0 Å². The van der Waals surface area contributed by atoms with Crippen LogP contribution in [0.1, 0.15) is 26.3 Å². The van der Waals surface area contributed by atoms with E-state index >= 15 is 0 Å². The Labute approximate surface area is 136 Å². The minimum Gasteiger partial charge on any atom is -0.478 e. The molecule has 3 aromatic rings. The third-order valence-corrected chi connectivity index (χ3v) is 4.09. The smallest absolute Gasteiger partial charge is 0.337 e. The Hall–Kier alpha value is -2.79. The number of carbonyl (C=O) groups excluding carboxylic acids is 1. The van der Waals surface area contributed by atoms with Gasteiger partial charge < -0.3 is 15.4 Å². The molecule has 0 aliphatic heterocycles. The molecule has 0 aliphatic rings. The fourth-order valence-corrected chi connectivity index (χ4v) is 2.90. The number of aromatic nitrogens is 1. The van der Waals surface area contributed by atoms with Crippen LogP contribution >= 0.6 is 11.6 Å². The van der Waals surface area contributed by atoms with Gasteiger partial charge >= 0.3 is 5.97 Å². The van der Waals surface area contributed by atoms with Crippen LogP contribution < -0.4 is 5.73 Å². The van der Waals surface area contributed by atoms with E-state index in [0.717, 1.165) is 5.52 Å². The first-order valence-electron chi connectivity index (χ1n) is 6.87. The number of primary amides is 1. The number of halogens is 1. The maximum atomic E-state index is 11.6. The number of nitrogens with zero attached hydrogens (tertiary/aromatic N) is 1. The van der Waals surface area contributed by atoms with Gasteiger partial charge in [-0.2, -0.15) is 0 Å². The average molecular weight is 329 g/mol. The molecule has 0 radical (unpaired) electrons. The van der Waals surface area contributed by atoms with Gasteiger partial charge in [-0.1, -0.05) is 35.9 Å². The Morgan fingerprint density at radius 2 is 1.83 bits per heavy atom. The Morgan fingerprint density at radius 3 is 2.52 bits per heavy atom. The molecule has 1 aromatic heterocycles. The Morgan fingerprint density at radius 1 is 1.09 bits per heavy atom. The van der Waals surface area contributed by atoms with Crippen LogP contribution in [0.5, 0.6) is 0 Å². The quantitative estimate of drug-likeness (QED) is 0.771. The lowest BCUT2D eigenvalue weighted by Crippen LogP contribution is -2.15. The highest BCUT2D eigenvalue weighted by Crippen LogP contribution is 2.26. The molecule has 0 aliphatic carbocycles. The van der Waals surface area contributed by atoms with Crippen LogP contribution in [0.2, 0.25) is 5.02 Å². The largest absolute Gasteiger partial charge is 0.478 e. The molecule has 1 amide bonds. The molecule has 0 saturated heterocycles. The SMILES string of the molecule is NC(=O)c1cccc(Cl)c1Cn1cc(C(=O)O)c2ccccc21.